The number of nitrogens with zero attached hydrogens (tertiary/aromatic N) is 4. The van der Waals surface area contributed by atoms with Crippen LogP contribution in [0.5, 0.6) is 0 Å². The molecule has 124 valence electrons. The van der Waals surface area contributed by atoms with E-state index in [1.807, 2.05) is 11.0 Å². The van der Waals surface area contributed by atoms with Gasteiger partial charge >= 0.3 is 5.97 Å². The Morgan fingerprint density at radius 3 is 2.29 bits per heavy atom. The molecule has 0 bridgehead atoms. The van der Waals surface area contributed by atoms with Crippen LogP contribution in [0.15, 0.2) is 48.8 Å². The van der Waals surface area contributed by atoms with E-state index in [0.717, 1.165) is 0 Å². The van der Waals surface area contributed by atoms with Crippen molar-refractivity contribution in [2.45, 2.75) is 0 Å². The van der Waals surface area contributed by atoms with Gasteiger partial charge in [0.1, 0.15) is 0 Å². The second-order valence-corrected chi connectivity index (χ2v) is 5.36. The summed E-state index contributed by atoms with van der Waals surface area (Å²) in [6.45, 7) is 2.18. The van der Waals surface area contributed by atoms with E-state index in [-0.39, 0.29) is 12.5 Å². The van der Waals surface area contributed by atoms with Gasteiger partial charge in [0.25, 0.3) is 5.91 Å². The number of benzene rings is 1. The van der Waals surface area contributed by atoms with Crippen molar-refractivity contribution in [1.29, 1.82) is 0 Å². The molecule has 0 aliphatic carbocycles. The zero-order chi connectivity index (χ0) is 16.8. The molecule has 0 N–H and O–H groups in total. The number of amides is 1. The number of carbonyl (C=O) groups excluding carboxylic acids is 2. The Kier molecular flexibility index (Phi) is 5.00. The summed E-state index contributed by atoms with van der Waals surface area (Å²) < 4.78 is 5.09. The molecule has 24 heavy (non-hydrogen) atoms. The third kappa shape index (κ3) is 3.87. The van der Waals surface area contributed by atoms with E-state index in [9.17, 15) is 9.59 Å². The molecule has 0 saturated carbocycles. The second-order valence-electron chi connectivity index (χ2n) is 5.36. The summed E-state index contributed by atoms with van der Waals surface area (Å²) in [7, 11) is 0. The molecule has 0 radical (unpaired) electrons. The van der Waals surface area contributed by atoms with Crippen molar-refractivity contribution >= 4 is 17.8 Å². The molecular weight excluding hydrogens is 308 g/mol. The van der Waals surface area contributed by atoms with Crippen LogP contribution in [-0.2, 0) is 9.53 Å². The molecule has 1 aromatic heterocycles. The second kappa shape index (κ2) is 7.54. The number of ether oxygens (including phenoxy) is 1. The minimum atomic E-state index is -0.486. The number of aromatic nitrogens is 2. The lowest BCUT2D eigenvalue weighted by molar-refractivity contribution is -0.134. The van der Waals surface area contributed by atoms with Crippen LogP contribution in [0.25, 0.3) is 0 Å². The number of carbonyl (C=O) groups is 2. The maximum atomic E-state index is 12.2. The van der Waals surface area contributed by atoms with Gasteiger partial charge in [-0.2, -0.15) is 0 Å². The molecule has 1 fully saturated rings. The summed E-state index contributed by atoms with van der Waals surface area (Å²) in [6, 6.07) is 10.4. The predicted molar refractivity (Wildman–Crippen MR) is 87.5 cm³/mol. The molecule has 7 nitrogen and oxygen atoms in total. The summed E-state index contributed by atoms with van der Waals surface area (Å²) in [5.41, 5.74) is 0.441. The third-order valence-corrected chi connectivity index (χ3v) is 3.80. The summed E-state index contributed by atoms with van der Waals surface area (Å²) in [6.07, 6.45) is 3.39. The highest BCUT2D eigenvalue weighted by molar-refractivity contribution is 5.91. The monoisotopic (exact) mass is 326 g/mol. The van der Waals surface area contributed by atoms with Crippen LogP contribution in [0.3, 0.4) is 0 Å². The highest BCUT2D eigenvalue weighted by Crippen LogP contribution is 2.10. The first-order valence-corrected chi connectivity index (χ1v) is 7.76. The van der Waals surface area contributed by atoms with Gasteiger partial charge in [-0.3, -0.25) is 4.79 Å². The standard InChI is InChI=1S/C17H18N4O3/c22-15(13-24-16(23)14-5-2-1-3-6-14)20-9-11-21(12-10-20)17-18-7-4-8-19-17/h1-8H,9-13H2. The number of hydrogen-bond donors (Lipinski definition) is 0. The van der Waals surface area contributed by atoms with Crippen molar-refractivity contribution < 1.29 is 14.3 Å². The van der Waals surface area contributed by atoms with Gasteiger partial charge < -0.3 is 14.5 Å². The molecule has 0 unspecified atom stereocenters. The zero-order valence-electron chi connectivity index (χ0n) is 13.2. The SMILES string of the molecule is O=C(OCC(=O)N1CCN(c2ncccn2)CC1)c1ccccc1. The van der Waals surface area contributed by atoms with Crippen LogP contribution >= 0.6 is 0 Å². The highest BCUT2D eigenvalue weighted by atomic mass is 16.5. The Bertz CT molecular complexity index is 685. The van der Waals surface area contributed by atoms with Gasteiger partial charge in [-0.1, -0.05) is 18.2 Å². The van der Waals surface area contributed by atoms with Crippen LogP contribution in [0, 0.1) is 0 Å². The van der Waals surface area contributed by atoms with E-state index in [2.05, 4.69) is 9.97 Å². The van der Waals surface area contributed by atoms with E-state index in [1.54, 1.807) is 47.6 Å². The van der Waals surface area contributed by atoms with Crippen LogP contribution in [0.1, 0.15) is 10.4 Å². The van der Waals surface area contributed by atoms with Crippen LogP contribution in [0.2, 0.25) is 0 Å². The van der Waals surface area contributed by atoms with Crippen molar-refractivity contribution in [2.75, 3.05) is 37.7 Å². The Morgan fingerprint density at radius 2 is 1.62 bits per heavy atom. The summed E-state index contributed by atoms with van der Waals surface area (Å²) in [4.78, 5) is 36.2. The summed E-state index contributed by atoms with van der Waals surface area (Å²) >= 11 is 0. The molecule has 0 spiro atoms. The fourth-order valence-electron chi connectivity index (χ4n) is 2.49. The molecule has 2 aromatic rings. The number of hydrogen-bond acceptors (Lipinski definition) is 6. The molecule has 2 heterocycles. The molecule has 3 rings (SSSR count). The summed E-state index contributed by atoms with van der Waals surface area (Å²) in [5.74, 6) is -0.00622. The molecule has 1 saturated heterocycles. The molecular formula is C17H18N4O3. The third-order valence-electron chi connectivity index (χ3n) is 3.80. The van der Waals surface area contributed by atoms with Gasteiger partial charge in [-0.05, 0) is 18.2 Å². The van der Waals surface area contributed by atoms with Crippen LogP contribution in [-0.4, -0.2) is 59.5 Å². The van der Waals surface area contributed by atoms with Crippen molar-refractivity contribution in [1.82, 2.24) is 14.9 Å². The first-order chi connectivity index (χ1) is 11.7. The fraction of sp³-hybridized carbons (Fsp3) is 0.294. The van der Waals surface area contributed by atoms with E-state index in [1.165, 1.54) is 0 Å². The van der Waals surface area contributed by atoms with Crippen molar-refractivity contribution in [3.05, 3.63) is 54.4 Å². The maximum absolute atomic E-state index is 12.2. The lowest BCUT2D eigenvalue weighted by Crippen LogP contribution is -2.50. The number of piperazine rings is 1. The van der Waals surface area contributed by atoms with E-state index >= 15 is 0 Å². The molecule has 1 aliphatic rings. The van der Waals surface area contributed by atoms with E-state index < -0.39 is 5.97 Å². The zero-order valence-corrected chi connectivity index (χ0v) is 13.2. The Morgan fingerprint density at radius 1 is 0.958 bits per heavy atom. The lowest BCUT2D eigenvalue weighted by Gasteiger charge is -2.34. The van der Waals surface area contributed by atoms with Crippen molar-refractivity contribution in [3.63, 3.8) is 0 Å². The van der Waals surface area contributed by atoms with Gasteiger partial charge in [0.05, 0.1) is 5.56 Å². The quantitative estimate of drug-likeness (QED) is 0.780. The average Bonchev–Trinajstić information content (AvgIpc) is 2.67. The van der Waals surface area contributed by atoms with Gasteiger partial charge in [-0.25, -0.2) is 14.8 Å². The van der Waals surface area contributed by atoms with Crippen LogP contribution < -0.4 is 4.90 Å². The smallest absolute Gasteiger partial charge is 0.338 e. The van der Waals surface area contributed by atoms with Gasteiger partial charge in [0, 0.05) is 38.6 Å². The largest absolute Gasteiger partial charge is 0.452 e. The topological polar surface area (TPSA) is 75.6 Å². The molecule has 7 heteroatoms. The predicted octanol–water partition coefficient (Wildman–Crippen LogP) is 0.982. The first kappa shape index (κ1) is 15.9. The number of rotatable bonds is 4. The summed E-state index contributed by atoms with van der Waals surface area (Å²) in [5, 5.41) is 0. The molecule has 1 amide bonds. The fourth-order valence-corrected chi connectivity index (χ4v) is 2.49. The normalized spacial score (nSPS) is 14.3. The van der Waals surface area contributed by atoms with Crippen LogP contribution in [0.4, 0.5) is 5.95 Å². The number of anilines is 1. The molecule has 1 aliphatic heterocycles. The average molecular weight is 326 g/mol. The Hall–Kier alpha value is -2.96. The Balaban J connectivity index is 1.46. The Labute approximate surface area is 139 Å². The van der Waals surface area contributed by atoms with E-state index in [0.29, 0.717) is 37.7 Å². The first-order valence-electron chi connectivity index (χ1n) is 7.76. The molecule has 1 aromatic carbocycles. The minimum absolute atomic E-state index is 0.187. The van der Waals surface area contributed by atoms with Gasteiger partial charge in [-0.15, -0.1) is 0 Å². The number of esters is 1. The lowest BCUT2D eigenvalue weighted by atomic mass is 10.2. The molecule has 0 atom stereocenters. The van der Waals surface area contributed by atoms with Crippen molar-refractivity contribution in [3.8, 4) is 0 Å². The maximum Gasteiger partial charge on any atom is 0.338 e. The highest BCUT2D eigenvalue weighted by Gasteiger charge is 2.23. The van der Waals surface area contributed by atoms with Gasteiger partial charge in [0.15, 0.2) is 6.61 Å². The minimum Gasteiger partial charge on any atom is -0.452 e. The van der Waals surface area contributed by atoms with Crippen molar-refractivity contribution in [2.24, 2.45) is 0 Å². The van der Waals surface area contributed by atoms with E-state index in [4.69, 9.17) is 4.74 Å². The van der Waals surface area contributed by atoms with Gasteiger partial charge in [0.2, 0.25) is 5.95 Å².